The van der Waals surface area contributed by atoms with Gasteiger partial charge in [0, 0.05) is 44.2 Å². The predicted molar refractivity (Wildman–Crippen MR) is 126 cm³/mol. The van der Waals surface area contributed by atoms with Crippen LogP contribution in [0.4, 0.5) is 0 Å². The Balaban J connectivity index is 0.00000261. The zero-order valence-electron chi connectivity index (χ0n) is 15.8. The van der Waals surface area contributed by atoms with E-state index in [1.165, 1.54) is 11.1 Å². The van der Waals surface area contributed by atoms with Crippen LogP contribution >= 0.6 is 39.9 Å². The van der Waals surface area contributed by atoms with Crippen LogP contribution in [0, 0.1) is 5.92 Å². The molecule has 0 aromatic heterocycles. The summed E-state index contributed by atoms with van der Waals surface area (Å²) < 4.78 is 7.11. The van der Waals surface area contributed by atoms with Crippen LogP contribution in [0.25, 0.3) is 0 Å². The molecule has 0 amide bonds. The Labute approximate surface area is 187 Å². The van der Waals surface area contributed by atoms with Crippen molar-refractivity contribution >= 4 is 45.9 Å². The summed E-state index contributed by atoms with van der Waals surface area (Å²) >= 11 is 3.62. The maximum absolute atomic E-state index is 5.99. The van der Waals surface area contributed by atoms with Gasteiger partial charge in [-0.1, -0.05) is 64.5 Å². The summed E-state index contributed by atoms with van der Waals surface area (Å²) in [7, 11) is 3.90. The first-order valence-electron chi connectivity index (χ1n) is 9.00. The van der Waals surface area contributed by atoms with Gasteiger partial charge in [-0.3, -0.25) is 4.99 Å². The normalized spacial score (nSPS) is 19.4. The highest BCUT2D eigenvalue weighted by molar-refractivity contribution is 14.0. The third kappa shape index (κ3) is 5.93. The van der Waals surface area contributed by atoms with Crippen molar-refractivity contribution in [2.24, 2.45) is 10.9 Å². The highest BCUT2D eigenvalue weighted by atomic mass is 127. The minimum atomic E-state index is 0. The molecule has 0 spiro atoms. The predicted octanol–water partition coefficient (Wildman–Crippen LogP) is 4.85. The van der Waals surface area contributed by atoms with E-state index in [1.807, 2.05) is 19.2 Å². The number of benzene rings is 2. The largest absolute Gasteiger partial charge is 0.373 e. The molecule has 1 N–H and O–H groups in total. The lowest BCUT2D eigenvalue weighted by Crippen LogP contribution is -2.41. The average molecular weight is 544 g/mol. The summed E-state index contributed by atoms with van der Waals surface area (Å²) in [5.41, 5.74) is 2.50. The number of rotatable bonds is 5. The quantitative estimate of drug-likeness (QED) is 0.333. The van der Waals surface area contributed by atoms with Gasteiger partial charge in [0.15, 0.2) is 5.96 Å². The van der Waals surface area contributed by atoms with Gasteiger partial charge < -0.3 is 15.0 Å². The van der Waals surface area contributed by atoms with Crippen LogP contribution in [-0.2, 0) is 11.3 Å². The second-order valence-corrected chi connectivity index (χ2v) is 7.48. The van der Waals surface area contributed by atoms with Crippen LogP contribution in [-0.4, -0.2) is 38.1 Å². The Kier molecular flexibility index (Phi) is 9.05. The molecular weight excluding hydrogens is 517 g/mol. The summed E-state index contributed by atoms with van der Waals surface area (Å²) in [5.74, 6) is 1.35. The van der Waals surface area contributed by atoms with Crippen molar-refractivity contribution in [2.45, 2.75) is 19.1 Å². The summed E-state index contributed by atoms with van der Waals surface area (Å²) in [6, 6.07) is 18.8. The molecule has 0 aliphatic carbocycles. The molecule has 2 atom stereocenters. The molecule has 2 aromatic carbocycles. The summed E-state index contributed by atoms with van der Waals surface area (Å²) in [6.45, 7) is 2.47. The van der Waals surface area contributed by atoms with E-state index in [0.29, 0.717) is 5.92 Å². The lowest BCUT2D eigenvalue weighted by Gasteiger charge is -2.25. The van der Waals surface area contributed by atoms with Gasteiger partial charge in [0.05, 0.1) is 6.10 Å². The molecule has 1 fully saturated rings. The van der Waals surface area contributed by atoms with E-state index < -0.39 is 0 Å². The van der Waals surface area contributed by atoms with Gasteiger partial charge in [-0.2, -0.15) is 0 Å². The fraction of sp³-hybridized carbons (Fsp3) is 0.381. The van der Waals surface area contributed by atoms with E-state index in [2.05, 4.69) is 80.7 Å². The number of hydrogen-bond acceptors (Lipinski definition) is 2. The fourth-order valence-corrected chi connectivity index (χ4v) is 3.83. The van der Waals surface area contributed by atoms with Gasteiger partial charge in [0.2, 0.25) is 0 Å². The molecule has 1 saturated heterocycles. The van der Waals surface area contributed by atoms with Gasteiger partial charge in [-0.05, 0) is 23.6 Å². The van der Waals surface area contributed by atoms with Gasteiger partial charge in [0.25, 0.3) is 0 Å². The molecule has 2 aromatic rings. The maximum Gasteiger partial charge on any atom is 0.193 e. The number of hydrogen-bond donors (Lipinski definition) is 1. The lowest BCUT2D eigenvalue weighted by molar-refractivity contribution is 0.0914. The second kappa shape index (κ2) is 11.0. The molecule has 27 heavy (non-hydrogen) atoms. The second-order valence-electron chi connectivity index (χ2n) is 6.63. The first-order chi connectivity index (χ1) is 12.7. The summed E-state index contributed by atoms with van der Waals surface area (Å²) in [4.78, 5) is 6.59. The van der Waals surface area contributed by atoms with E-state index in [4.69, 9.17) is 4.74 Å². The Hall–Kier alpha value is -1.12. The van der Waals surface area contributed by atoms with Crippen molar-refractivity contribution in [2.75, 3.05) is 27.2 Å². The molecule has 4 nitrogen and oxygen atoms in total. The van der Waals surface area contributed by atoms with E-state index >= 15 is 0 Å². The fourth-order valence-electron chi connectivity index (χ4n) is 3.42. The summed E-state index contributed by atoms with van der Waals surface area (Å²) in [6.07, 6.45) is 1.23. The Morgan fingerprint density at radius 2 is 1.89 bits per heavy atom. The van der Waals surface area contributed by atoms with Crippen LogP contribution < -0.4 is 5.32 Å². The zero-order valence-corrected chi connectivity index (χ0v) is 19.7. The third-order valence-corrected chi connectivity index (χ3v) is 5.58. The molecule has 1 heterocycles. The van der Waals surface area contributed by atoms with Gasteiger partial charge in [-0.25, -0.2) is 0 Å². The van der Waals surface area contributed by atoms with Crippen LogP contribution in [0.5, 0.6) is 0 Å². The lowest BCUT2D eigenvalue weighted by atomic mass is 9.95. The summed E-state index contributed by atoms with van der Waals surface area (Å²) in [5, 5.41) is 3.53. The Bertz CT molecular complexity index is 741. The molecular formula is C21H27BrIN3O. The van der Waals surface area contributed by atoms with Crippen molar-refractivity contribution in [3.05, 3.63) is 70.2 Å². The maximum atomic E-state index is 5.99. The van der Waals surface area contributed by atoms with E-state index in [-0.39, 0.29) is 30.1 Å². The number of nitrogens with zero attached hydrogens (tertiary/aromatic N) is 2. The minimum Gasteiger partial charge on any atom is -0.373 e. The first kappa shape index (κ1) is 22.2. The molecule has 2 unspecified atom stereocenters. The smallest absolute Gasteiger partial charge is 0.193 e. The van der Waals surface area contributed by atoms with Gasteiger partial charge in [-0.15, -0.1) is 24.0 Å². The van der Waals surface area contributed by atoms with Crippen molar-refractivity contribution in [1.29, 1.82) is 0 Å². The topological polar surface area (TPSA) is 36.9 Å². The SMILES string of the molecule is CN=C(NCC1CCOC1c1ccccc1)N(C)Cc1ccccc1Br.I. The minimum absolute atomic E-state index is 0. The Morgan fingerprint density at radius 1 is 1.19 bits per heavy atom. The van der Waals surface area contributed by atoms with Gasteiger partial charge >= 0.3 is 0 Å². The molecule has 146 valence electrons. The van der Waals surface area contributed by atoms with Gasteiger partial charge in [0.1, 0.15) is 0 Å². The number of guanidine groups is 1. The zero-order chi connectivity index (χ0) is 18.4. The van der Waals surface area contributed by atoms with Crippen LogP contribution in [0.2, 0.25) is 0 Å². The molecule has 6 heteroatoms. The number of aliphatic imine (C=N–C) groups is 1. The molecule has 3 rings (SSSR count). The van der Waals surface area contributed by atoms with E-state index in [9.17, 15) is 0 Å². The van der Waals surface area contributed by atoms with E-state index in [1.54, 1.807) is 0 Å². The molecule has 1 aliphatic heterocycles. The number of halogens is 2. The highest BCUT2D eigenvalue weighted by Crippen LogP contribution is 2.33. The molecule has 0 radical (unpaired) electrons. The molecule has 1 aliphatic rings. The monoisotopic (exact) mass is 543 g/mol. The van der Waals surface area contributed by atoms with E-state index in [0.717, 1.165) is 36.5 Å². The Morgan fingerprint density at radius 3 is 2.59 bits per heavy atom. The molecule has 0 bridgehead atoms. The molecule has 0 saturated carbocycles. The average Bonchev–Trinajstić information content (AvgIpc) is 3.13. The number of ether oxygens (including phenoxy) is 1. The van der Waals surface area contributed by atoms with Crippen molar-refractivity contribution in [3.63, 3.8) is 0 Å². The standard InChI is InChI=1S/C21H26BrN3O.HI/c1-23-21(25(2)15-18-10-6-7-11-19(18)22)24-14-17-12-13-26-20(17)16-8-4-3-5-9-16;/h3-11,17,20H,12-15H2,1-2H3,(H,23,24);1H. The first-order valence-corrected chi connectivity index (χ1v) is 9.80. The van der Waals surface area contributed by atoms with Crippen LogP contribution in [0.1, 0.15) is 23.7 Å². The van der Waals surface area contributed by atoms with Crippen molar-refractivity contribution < 1.29 is 4.74 Å². The number of nitrogens with one attached hydrogen (secondary N) is 1. The van der Waals surface area contributed by atoms with Crippen molar-refractivity contribution in [1.82, 2.24) is 10.2 Å². The highest BCUT2D eigenvalue weighted by Gasteiger charge is 2.29. The van der Waals surface area contributed by atoms with Crippen LogP contribution in [0.15, 0.2) is 64.1 Å². The van der Waals surface area contributed by atoms with Crippen molar-refractivity contribution in [3.8, 4) is 0 Å². The van der Waals surface area contributed by atoms with Crippen LogP contribution in [0.3, 0.4) is 0 Å². The third-order valence-electron chi connectivity index (χ3n) is 4.80.